The zero-order chi connectivity index (χ0) is 14.4. The van der Waals surface area contributed by atoms with Crippen LogP contribution in [0.4, 0.5) is 0 Å². The van der Waals surface area contributed by atoms with Gasteiger partial charge in [0.25, 0.3) is 0 Å². The summed E-state index contributed by atoms with van der Waals surface area (Å²) in [6, 6.07) is 0.699. The zero-order valence-electron chi connectivity index (χ0n) is 13.6. The predicted molar refractivity (Wildman–Crippen MR) is 89.5 cm³/mol. The van der Waals surface area contributed by atoms with Gasteiger partial charge in [0.15, 0.2) is 0 Å². The van der Waals surface area contributed by atoms with Gasteiger partial charge in [0, 0.05) is 12.6 Å². The number of ether oxygens (including phenoxy) is 1. The van der Waals surface area contributed by atoms with E-state index >= 15 is 0 Å². The molecule has 0 bridgehead atoms. The molecule has 0 amide bonds. The second kappa shape index (κ2) is 8.05. The van der Waals surface area contributed by atoms with Gasteiger partial charge in [-0.05, 0) is 62.0 Å². The molecule has 2 heterocycles. The molecule has 3 heteroatoms. The third-order valence-electron chi connectivity index (χ3n) is 5.32. The van der Waals surface area contributed by atoms with Crippen LogP contribution in [0.15, 0.2) is 0 Å². The van der Waals surface area contributed by atoms with Crippen LogP contribution in [0, 0.1) is 11.8 Å². The molecule has 3 unspecified atom stereocenters. The van der Waals surface area contributed by atoms with E-state index in [4.69, 9.17) is 4.74 Å². The van der Waals surface area contributed by atoms with Gasteiger partial charge in [0.05, 0.1) is 5.60 Å². The van der Waals surface area contributed by atoms with Gasteiger partial charge >= 0.3 is 0 Å². The standard InChI is InChI=1S/C17H33NOS/c1-4-14(3)12-16(18-5-2)15-6-9-19-17(13-15)7-10-20-11-8-17/h14-16,18H,4-13H2,1-3H3. The monoisotopic (exact) mass is 299 g/mol. The van der Waals surface area contributed by atoms with Gasteiger partial charge in [-0.3, -0.25) is 0 Å². The lowest BCUT2D eigenvalue weighted by molar-refractivity contribution is -0.108. The van der Waals surface area contributed by atoms with Crippen molar-refractivity contribution in [2.45, 2.75) is 70.9 Å². The van der Waals surface area contributed by atoms with Gasteiger partial charge in [-0.25, -0.2) is 0 Å². The van der Waals surface area contributed by atoms with Crippen molar-refractivity contribution in [2.24, 2.45) is 11.8 Å². The van der Waals surface area contributed by atoms with Crippen molar-refractivity contribution in [2.75, 3.05) is 24.7 Å². The largest absolute Gasteiger partial charge is 0.375 e. The molecular weight excluding hydrogens is 266 g/mol. The molecule has 0 radical (unpaired) electrons. The molecule has 2 fully saturated rings. The summed E-state index contributed by atoms with van der Waals surface area (Å²) in [6.45, 7) is 9.04. The summed E-state index contributed by atoms with van der Waals surface area (Å²) >= 11 is 2.10. The molecule has 2 nitrogen and oxygen atoms in total. The van der Waals surface area contributed by atoms with Gasteiger partial charge < -0.3 is 10.1 Å². The lowest BCUT2D eigenvalue weighted by Gasteiger charge is -2.45. The SMILES string of the molecule is CCNC(CC(C)CC)C1CCOC2(CCSCC2)C1. The maximum absolute atomic E-state index is 6.26. The Morgan fingerprint density at radius 1 is 1.30 bits per heavy atom. The van der Waals surface area contributed by atoms with Gasteiger partial charge in [0.2, 0.25) is 0 Å². The van der Waals surface area contributed by atoms with Gasteiger partial charge in [0.1, 0.15) is 0 Å². The molecule has 20 heavy (non-hydrogen) atoms. The molecular formula is C17H33NOS. The van der Waals surface area contributed by atoms with E-state index in [1.807, 2.05) is 0 Å². The van der Waals surface area contributed by atoms with Crippen molar-refractivity contribution >= 4 is 11.8 Å². The Morgan fingerprint density at radius 3 is 2.70 bits per heavy atom. The topological polar surface area (TPSA) is 21.3 Å². The van der Waals surface area contributed by atoms with E-state index in [9.17, 15) is 0 Å². The molecule has 0 aromatic heterocycles. The van der Waals surface area contributed by atoms with Gasteiger partial charge in [-0.15, -0.1) is 0 Å². The summed E-state index contributed by atoms with van der Waals surface area (Å²) in [5.74, 6) is 4.24. The first-order chi connectivity index (χ1) is 9.69. The fraction of sp³-hybridized carbons (Fsp3) is 1.00. The Bertz CT molecular complexity index is 273. The maximum Gasteiger partial charge on any atom is 0.0701 e. The molecule has 1 spiro atoms. The fourth-order valence-electron chi connectivity index (χ4n) is 3.81. The molecule has 2 saturated heterocycles. The lowest BCUT2D eigenvalue weighted by Crippen LogP contribution is -2.48. The highest BCUT2D eigenvalue weighted by atomic mass is 32.2. The second-order valence-electron chi connectivity index (χ2n) is 6.81. The molecule has 2 aliphatic rings. The first-order valence-electron chi connectivity index (χ1n) is 8.64. The van der Waals surface area contributed by atoms with Crippen LogP contribution in [0.25, 0.3) is 0 Å². The molecule has 0 saturated carbocycles. The van der Waals surface area contributed by atoms with E-state index in [1.165, 1.54) is 50.0 Å². The summed E-state index contributed by atoms with van der Waals surface area (Å²) in [6.07, 6.45) is 7.73. The highest BCUT2D eigenvalue weighted by Crippen LogP contribution is 2.41. The average Bonchev–Trinajstić information content (AvgIpc) is 2.47. The van der Waals surface area contributed by atoms with E-state index in [1.54, 1.807) is 0 Å². The van der Waals surface area contributed by atoms with Crippen LogP contribution in [-0.4, -0.2) is 36.3 Å². The minimum Gasteiger partial charge on any atom is -0.375 e. The van der Waals surface area contributed by atoms with Crippen molar-refractivity contribution < 1.29 is 4.74 Å². The molecule has 0 aromatic carbocycles. The molecule has 3 atom stereocenters. The number of rotatable bonds is 6. The summed E-state index contributed by atoms with van der Waals surface area (Å²) in [7, 11) is 0. The Labute approximate surface area is 129 Å². The van der Waals surface area contributed by atoms with E-state index < -0.39 is 0 Å². The Kier molecular flexibility index (Phi) is 6.70. The van der Waals surface area contributed by atoms with Crippen LogP contribution in [0.5, 0.6) is 0 Å². The molecule has 0 aliphatic carbocycles. The summed E-state index contributed by atoms with van der Waals surface area (Å²) < 4.78 is 6.26. The van der Waals surface area contributed by atoms with Crippen LogP contribution in [0.3, 0.4) is 0 Å². The van der Waals surface area contributed by atoms with E-state index in [0.717, 1.165) is 25.0 Å². The van der Waals surface area contributed by atoms with Gasteiger partial charge in [-0.2, -0.15) is 11.8 Å². The van der Waals surface area contributed by atoms with Crippen molar-refractivity contribution in [3.05, 3.63) is 0 Å². The first-order valence-corrected chi connectivity index (χ1v) is 9.79. The van der Waals surface area contributed by atoms with E-state index in [0.29, 0.717) is 6.04 Å². The first kappa shape index (κ1) is 16.6. The highest BCUT2D eigenvalue weighted by molar-refractivity contribution is 7.99. The quantitative estimate of drug-likeness (QED) is 0.798. The minimum absolute atomic E-state index is 0.233. The number of thioether (sulfide) groups is 1. The smallest absolute Gasteiger partial charge is 0.0701 e. The Morgan fingerprint density at radius 2 is 2.05 bits per heavy atom. The molecule has 1 N–H and O–H groups in total. The average molecular weight is 300 g/mol. The van der Waals surface area contributed by atoms with Crippen LogP contribution in [0.1, 0.15) is 59.3 Å². The predicted octanol–water partition coefficient (Wildman–Crippen LogP) is 4.09. The number of nitrogens with one attached hydrogen (secondary N) is 1. The summed E-state index contributed by atoms with van der Waals surface area (Å²) in [5.41, 5.74) is 0.233. The lowest BCUT2D eigenvalue weighted by atomic mass is 9.76. The van der Waals surface area contributed by atoms with E-state index in [-0.39, 0.29) is 5.60 Å². The van der Waals surface area contributed by atoms with Crippen LogP contribution < -0.4 is 5.32 Å². The maximum atomic E-state index is 6.26. The van der Waals surface area contributed by atoms with Crippen LogP contribution >= 0.6 is 11.8 Å². The third-order valence-corrected chi connectivity index (χ3v) is 6.31. The molecule has 2 aliphatic heterocycles. The highest BCUT2D eigenvalue weighted by Gasteiger charge is 2.40. The summed E-state index contributed by atoms with van der Waals surface area (Å²) in [4.78, 5) is 0. The van der Waals surface area contributed by atoms with Gasteiger partial charge in [-0.1, -0.05) is 27.2 Å². The number of hydrogen-bond donors (Lipinski definition) is 1. The number of hydrogen-bond acceptors (Lipinski definition) is 3. The Balaban J connectivity index is 1.96. The van der Waals surface area contributed by atoms with E-state index in [2.05, 4.69) is 37.8 Å². The zero-order valence-corrected chi connectivity index (χ0v) is 14.4. The molecule has 2 rings (SSSR count). The second-order valence-corrected chi connectivity index (χ2v) is 8.03. The minimum atomic E-state index is 0.233. The molecule has 0 aromatic rings. The third kappa shape index (κ3) is 4.38. The van der Waals surface area contributed by atoms with Crippen molar-refractivity contribution in [3.8, 4) is 0 Å². The fourth-order valence-corrected chi connectivity index (χ4v) is 5.04. The van der Waals surface area contributed by atoms with Crippen LogP contribution in [0.2, 0.25) is 0 Å². The normalized spacial score (nSPS) is 29.2. The van der Waals surface area contributed by atoms with Crippen molar-refractivity contribution in [1.29, 1.82) is 0 Å². The van der Waals surface area contributed by atoms with Crippen molar-refractivity contribution in [3.63, 3.8) is 0 Å². The van der Waals surface area contributed by atoms with Crippen LogP contribution in [-0.2, 0) is 4.74 Å². The van der Waals surface area contributed by atoms with Crippen molar-refractivity contribution in [1.82, 2.24) is 5.32 Å². The molecule has 118 valence electrons. The summed E-state index contributed by atoms with van der Waals surface area (Å²) in [5, 5.41) is 3.78. The Hall–Kier alpha value is 0.270.